The monoisotopic (exact) mass is 453 g/mol. The quantitative estimate of drug-likeness (QED) is 0.302. The van der Waals surface area contributed by atoms with E-state index >= 15 is 0 Å². The van der Waals surface area contributed by atoms with Gasteiger partial charge in [-0.3, -0.25) is 4.98 Å². The van der Waals surface area contributed by atoms with Gasteiger partial charge < -0.3 is 10.1 Å². The van der Waals surface area contributed by atoms with E-state index in [0.717, 1.165) is 51.4 Å². The topological polar surface area (TPSA) is 72.8 Å². The molecule has 3 heterocycles. The highest BCUT2D eigenvalue weighted by Crippen LogP contribution is 2.35. The number of anilines is 2. The van der Waals surface area contributed by atoms with Gasteiger partial charge in [-0.15, -0.1) is 11.3 Å². The number of rotatable bonds is 7. The van der Waals surface area contributed by atoms with Crippen molar-refractivity contribution in [1.29, 1.82) is 0 Å². The van der Waals surface area contributed by atoms with Crippen LogP contribution in [-0.4, -0.2) is 27.0 Å². The lowest BCUT2D eigenvalue weighted by Crippen LogP contribution is -2.00. The number of benzene rings is 2. The van der Waals surface area contributed by atoms with E-state index in [9.17, 15) is 0 Å². The molecule has 5 aromatic rings. The van der Waals surface area contributed by atoms with Crippen LogP contribution in [0.1, 0.15) is 18.2 Å². The molecule has 0 bridgehead atoms. The van der Waals surface area contributed by atoms with Crippen LogP contribution in [0.15, 0.2) is 73.1 Å². The first-order valence-electron chi connectivity index (χ1n) is 10.8. The third-order valence-corrected chi connectivity index (χ3v) is 6.30. The molecule has 0 unspecified atom stereocenters. The molecule has 0 aliphatic carbocycles. The molecule has 0 atom stereocenters. The molecule has 164 valence electrons. The average molecular weight is 454 g/mol. The van der Waals surface area contributed by atoms with E-state index in [2.05, 4.69) is 29.4 Å². The smallest absolute Gasteiger partial charge is 0.189 e. The number of aromatic nitrogens is 4. The van der Waals surface area contributed by atoms with Crippen LogP contribution in [-0.2, 0) is 6.42 Å². The lowest BCUT2D eigenvalue weighted by atomic mass is 10.1. The molecule has 3 aromatic heterocycles. The number of nitrogens with one attached hydrogen (secondary N) is 1. The second kappa shape index (κ2) is 9.34. The Morgan fingerprint density at radius 1 is 0.939 bits per heavy atom. The Bertz CT molecular complexity index is 1390. The summed E-state index contributed by atoms with van der Waals surface area (Å²) < 4.78 is 5.45. The summed E-state index contributed by atoms with van der Waals surface area (Å²) in [6.45, 7) is 2.19. The summed E-state index contributed by atoms with van der Waals surface area (Å²) in [5.41, 5.74) is 3.82. The number of hydrogen-bond acceptors (Lipinski definition) is 7. The summed E-state index contributed by atoms with van der Waals surface area (Å²) >= 11 is 1.67. The minimum Gasteiger partial charge on any atom is -0.497 e. The van der Waals surface area contributed by atoms with Gasteiger partial charge in [0.2, 0.25) is 0 Å². The fourth-order valence-electron chi connectivity index (χ4n) is 3.68. The van der Waals surface area contributed by atoms with Gasteiger partial charge in [-0.1, -0.05) is 43.7 Å². The fourth-order valence-corrected chi connectivity index (χ4v) is 4.76. The lowest BCUT2D eigenvalue weighted by Gasteiger charge is -2.10. The van der Waals surface area contributed by atoms with Crippen LogP contribution in [0.3, 0.4) is 0 Å². The molecule has 1 N–H and O–H groups in total. The van der Waals surface area contributed by atoms with Gasteiger partial charge in [0.25, 0.3) is 0 Å². The Hall–Kier alpha value is -3.84. The number of fused-ring (bicyclic) bond motifs is 1. The first-order valence-corrected chi connectivity index (χ1v) is 11.6. The van der Waals surface area contributed by atoms with Crippen molar-refractivity contribution >= 4 is 33.2 Å². The number of hydrogen-bond donors (Lipinski definition) is 1. The molecule has 0 aliphatic heterocycles. The van der Waals surface area contributed by atoms with Crippen molar-refractivity contribution in [2.75, 3.05) is 12.4 Å². The maximum Gasteiger partial charge on any atom is 0.189 e. The Morgan fingerprint density at radius 2 is 1.79 bits per heavy atom. The van der Waals surface area contributed by atoms with Crippen LogP contribution in [0.2, 0.25) is 0 Å². The molecule has 33 heavy (non-hydrogen) atoms. The Labute approximate surface area is 196 Å². The number of aryl methyl sites for hydroxylation is 1. The van der Waals surface area contributed by atoms with E-state index in [4.69, 9.17) is 19.7 Å². The van der Waals surface area contributed by atoms with Crippen molar-refractivity contribution < 1.29 is 4.74 Å². The minimum atomic E-state index is 0.608. The number of thiazole rings is 1. The SMILES string of the molecule is CCCc1sc(Nc2nc(-c3cccnc3)nc3ccc(OC)cc23)nc1-c1ccccc1. The molecule has 2 aromatic carbocycles. The van der Waals surface area contributed by atoms with Crippen molar-refractivity contribution in [1.82, 2.24) is 19.9 Å². The zero-order chi connectivity index (χ0) is 22.6. The Kier molecular flexibility index (Phi) is 5.95. The third kappa shape index (κ3) is 4.40. The van der Waals surface area contributed by atoms with Crippen molar-refractivity contribution in [3.8, 4) is 28.4 Å². The third-order valence-electron chi connectivity index (χ3n) is 5.27. The van der Waals surface area contributed by atoms with Crippen LogP contribution < -0.4 is 10.1 Å². The molecular weight excluding hydrogens is 430 g/mol. The van der Waals surface area contributed by atoms with E-state index in [1.165, 1.54) is 4.88 Å². The highest BCUT2D eigenvalue weighted by molar-refractivity contribution is 7.16. The zero-order valence-corrected chi connectivity index (χ0v) is 19.3. The average Bonchev–Trinajstić information content (AvgIpc) is 3.27. The Morgan fingerprint density at radius 3 is 2.55 bits per heavy atom. The van der Waals surface area contributed by atoms with Gasteiger partial charge >= 0.3 is 0 Å². The van der Waals surface area contributed by atoms with E-state index in [0.29, 0.717) is 11.6 Å². The first kappa shape index (κ1) is 21.0. The maximum atomic E-state index is 5.45. The highest BCUT2D eigenvalue weighted by Gasteiger charge is 2.16. The molecule has 0 spiro atoms. The molecule has 0 fully saturated rings. The standard InChI is InChI=1S/C26H23N5OS/c1-3-8-22-23(17-9-5-4-6-10-17)29-26(33-22)31-25-20-15-19(32-2)12-13-21(20)28-24(30-25)18-11-7-14-27-16-18/h4-7,9-16H,3,8H2,1-2H3,(H,28,29,30,31). The van der Waals surface area contributed by atoms with Crippen LogP contribution in [0.25, 0.3) is 33.5 Å². The summed E-state index contributed by atoms with van der Waals surface area (Å²) in [5, 5.41) is 5.15. The van der Waals surface area contributed by atoms with Crippen molar-refractivity contribution in [2.24, 2.45) is 0 Å². The maximum absolute atomic E-state index is 5.45. The predicted octanol–water partition coefficient (Wildman–Crippen LogP) is 6.52. The largest absolute Gasteiger partial charge is 0.497 e. The molecule has 6 nitrogen and oxygen atoms in total. The molecule has 0 amide bonds. The minimum absolute atomic E-state index is 0.608. The molecule has 5 rings (SSSR count). The molecule has 0 radical (unpaired) electrons. The van der Waals surface area contributed by atoms with Crippen LogP contribution in [0, 0.1) is 0 Å². The second-order valence-corrected chi connectivity index (χ2v) is 8.64. The van der Waals surface area contributed by atoms with Crippen LogP contribution in [0.5, 0.6) is 5.75 Å². The van der Waals surface area contributed by atoms with Crippen molar-refractivity contribution in [3.05, 3.63) is 77.9 Å². The normalized spacial score (nSPS) is 11.0. The number of methoxy groups -OCH3 is 1. The van der Waals surface area contributed by atoms with E-state index in [1.807, 2.05) is 48.5 Å². The lowest BCUT2D eigenvalue weighted by molar-refractivity contribution is 0.415. The molecule has 7 heteroatoms. The number of pyridine rings is 1. The van der Waals surface area contributed by atoms with Crippen molar-refractivity contribution in [3.63, 3.8) is 0 Å². The van der Waals surface area contributed by atoms with Gasteiger partial charge in [0.15, 0.2) is 11.0 Å². The summed E-state index contributed by atoms with van der Waals surface area (Å²) in [6, 6.07) is 19.9. The van der Waals surface area contributed by atoms with Crippen LogP contribution in [0.4, 0.5) is 10.9 Å². The number of nitrogens with zero attached hydrogens (tertiary/aromatic N) is 4. The summed E-state index contributed by atoms with van der Waals surface area (Å²) in [5.74, 6) is 2.05. The van der Waals surface area contributed by atoms with E-state index < -0.39 is 0 Å². The van der Waals surface area contributed by atoms with Gasteiger partial charge in [0, 0.05) is 33.8 Å². The first-order chi connectivity index (χ1) is 16.2. The highest BCUT2D eigenvalue weighted by atomic mass is 32.1. The van der Waals surface area contributed by atoms with Crippen molar-refractivity contribution in [2.45, 2.75) is 19.8 Å². The van der Waals surface area contributed by atoms with Gasteiger partial charge in [0.1, 0.15) is 11.6 Å². The van der Waals surface area contributed by atoms with Gasteiger partial charge in [0.05, 0.1) is 18.3 Å². The summed E-state index contributed by atoms with van der Waals surface area (Å²) in [4.78, 5) is 20.0. The summed E-state index contributed by atoms with van der Waals surface area (Å²) in [7, 11) is 1.66. The fraction of sp³-hybridized carbons (Fsp3) is 0.154. The number of ether oxygens (including phenoxy) is 1. The Balaban J connectivity index is 1.62. The molecule has 0 saturated carbocycles. The summed E-state index contributed by atoms with van der Waals surface area (Å²) in [6.07, 6.45) is 5.54. The molecular formula is C26H23N5OS. The second-order valence-electron chi connectivity index (χ2n) is 7.55. The van der Waals surface area contributed by atoms with Gasteiger partial charge in [-0.25, -0.2) is 15.0 Å². The van der Waals surface area contributed by atoms with E-state index in [-0.39, 0.29) is 0 Å². The predicted molar refractivity (Wildman–Crippen MR) is 134 cm³/mol. The van der Waals surface area contributed by atoms with Crippen LogP contribution >= 0.6 is 11.3 Å². The molecule has 0 saturated heterocycles. The van der Waals surface area contributed by atoms with Gasteiger partial charge in [-0.05, 0) is 36.8 Å². The zero-order valence-electron chi connectivity index (χ0n) is 18.4. The van der Waals surface area contributed by atoms with E-state index in [1.54, 1.807) is 30.8 Å². The molecule has 0 aliphatic rings. The van der Waals surface area contributed by atoms with Gasteiger partial charge in [-0.2, -0.15) is 0 Å².